The monoisotopic (exact) mass is 344 g/mol. The second kappa shape index (κ2) is 6.50. The fourth-order valence-electron chi connectivity index (χ4n) is 2.10. The molecular formula is C13H20F4N2O4. The molecule has 0 aromatic heterocycles. The van der Waals surface area contributed by atoms with Crippen molar-refractivity contribution >= 4 is 12.1 Å². The number of likely N-dealkylation sites (tertiary alicyclic amines) is 1. The molecule has 2 N–H and O–H groups in total. The topological polar surface area (TPSA) is 78.9 Å². The van der Waals surface area contributed by atoms with Gasteiger partial charge in [0, 0.05) is 13.1 Å². The van der Waals surface area contributed by atoms with Gasteiger partial charge in [0.25, 0.3) is 0 Å². The number of nitrogens with zero attached hydrogens (tertiary/aromatic N) is 1. The smallest absolute Gasteiger partial charge is 0.410 e. The molecule has 1 saturated heterocycles. The van der Waals surface area contributed by atoms with Gasteiger partial charge in [-0.25, -0.2) is 13.6 Å². The third-order valence-corrected chi connectivity index (χ3v) is 3.15. The van der Waals surface area contributed by atoms with E-state index in [1.807, 2.05) is 0 Å². The maximum atomic E-state index is 13.0. The molecule has 0 atom stereocenters. The molecule has 0 radical (unpaired) electrons. The van der Waals surface area contributed by atoms with Crippen molar-refractivity contribution in [2.75, 3.05) is 19.6 Å². The van der Waals surface area contributed by atoms with Crippen molar-refractivity contribution in [3.8, 4) is 0 Å². The lowest BCUT2D eigenvalue weighted by atomic mass is 9.86. The molecule has 1 fully saturated rings. The van der Waals surface area contributed by atoms with Crippen LogP contribution >= 0.6 is 0 Å². The van der Waals surface area contributed by atoms with Crippen molar-refractivity contribution in [1.29, 1.82) is 0 Å². The number of aliphatic carboxylic acids is 1. The number of halogens is 4. The van der Waals surface area contributed by atoms with Crippen LogP contribution in [-0.4, -0.2) is 65.2 Å². The van der Waals surface area contributed by atoms with Crippen LogP contribution in [0.1, 0.15) is 27.2 Å². The lowest BCUT2D eigenvalue weighted by molar-refractivity contribution is -0.145. The molecule has 134 valence electrons. The Kier molecular flexibility index (Phi) is 5.50. The van der Waals surface area contributed by atoms with Gasteiger partial charge < -0.3 is 20.1 Å². The molecule has 0 aromatic carbocycles. The van der Waals surface area contributed by atoms with Gasteiger partial charge in [0.2, 0.25) is 0 Å². The Morgan fingerprint density at radius 1 is 1.30 bits per heavy atom. The van der Waals surface area contributed by atoms with Crippen molar-refractivity contribution in [3.05, 3.63) is 0 Å². The van der Waals surface area contributed by atoms with Crippen LogP contribution in [0.2, 0.25) is 0 Å². The van der Waals surface area contributed by atoms with Crippen LogP contribution in [0, 0.1) is 0 Å². The second-order valence-corrected chi connectivity index (χ2v) is 6.60. The molecule has 0 aliphatic carbocycles. The highest BCUT2D eigenvalue weighted by atomic mass is 19.3. The largest absolute Gasteiger partial charge is 0.481 e. The minimum absolute atomic E-state index is 0.215. The van der Waals surface area contributed by atoms with Crippen molar-refractivity contribution in [3.63, 3.8) is 0 Å². The molecule has 0 bridgehead atoms. The molecule has 1 amide bonds. The van der Waals surface area contributed by atoms with Crippen molar-refractivity contribution in [1.82, 2.24) is 10.2 Å². The first-order chi connectivity index (χ1) is 10.3. The first-order valence-corrected chi connectivity index (χ1v) is 6.87. The minimum Gasteiger partial charge on any atom is -0.481 e. The highest BCUT2D eigenvalue weighted by molar-refractivity contribution is 5.73. The van der Waals surface area contributed by atoms with E-state index in [9.17, 15) is 27.2 Å². The van der Waals surface area contributed by atoms with Crippen LogP contribution in [0.25, 0.3) is 0 Å². The highest BCUT2D eigenvalue weighted by Crippen LogP contribution is 2.29. The van der Waals surface area contributed by atoms with E-state index in [-0.39, 0.29) is 13.1 Å². The van der Waals surface area contributed by atoms with E-state index in [0.717, 1.165) is 4.90 Å². The number of nitrogens with one attached hydrogen (secondary N) is 1. The number of hydrogen-bond donors (Lipinski definition) is 2. The standard InChI is InChI=1S/C13H20F4N2O4/c1-11(2,3)23-10(22)19-6-12(7-19,4-8(20)21)18-5-13(16,17)9(14)15/h9,18H,4-7H2,1-3H3,(H,20,21). The van der Waals surface area contributed by atoms with Gasteiger partial charge in [-0.15, -0.1) is 0 Å². The third kappa shape index (κ3) is 5.52. The summed E-state index contributed by atoms with van der Waals surface area (Å²) in [6, 6.07) is 0. The van der Waals surface area contributed by atoms with E-state index in [0.29, 0.717) is 0 Å². The van der Waals surface area contributed by atoms with Gasteiger partial charge in [0.05, 0.1) is 18.5 Å². The molecule has 1 aliphatic rings. The van der Waals surface area contributed by atoms with E-state index in [2.05, 4.69) is 5.32 Å². The number of hydrogen-bond acceptors (Lipinski definition) is 4. The molecule has 6 nitrogen and oxygen atoms in total. The Hall–Kier alpha value is -1.58. The maximum Gasteiger partial charge on any atom is 0.410 e. The lowest BCUT2D eigenvalue weighted by Gasteiger charge is -2.50. The number of alkyl halides is 4. The van der Waals surface area contributed by atoms with Crippen LogP contribution in [0.3, 0.4) is 0 Å². The van der Waals surface area contributed by atoms with Crippen molar-refractivity contribution in [2.45, 2.75) is 50.7 Å². The Morgan fingerprint density at radius 3 is 2.22 bits per heavy atom. The van der Waals surface area contributed by atoms with Gasteiger partial charge in [-0.1, -0.05) is 0 Å². The summed E-state index contributed by atoms with van der Waals surface area (Å²) in [7, 11) is 0. The molecular weight excluding hydrogens is 324 g/mol. The summed E-state index contributed by atoms with van der Waals surface area (Å²) in [5, 5.41) is 11.0. The van der Waals surface area contributed by atoms with E-state index in [4.69, 9.17) is 9.84 Å². The zero-order valence-corrected chi connectivity index (χ0v) is 13.0. The summed E-state index contributed by atoms with van der Waals surface area (Å²) in [4.78, 5) is 23.8. The van der Waals surface area contributed by atoms with E-state index < -0.39 is 48.5 Å². The normalized spacial score (nSPS) is 17.8. The molecule has 1 aliphatic heterocycles. The van der Waals surface area contributed by atoms with Crippen LogP contribution < -0.4 is 5.32 Å². The fraction of sp³-hybridized carbons (Fsp3) is 0.846. The van der Waals surface area contributed by atoms with E-state index in [1.165, 1.54) is 0 Å². The number of carboxylic acid groups (broad SMARTS) is 1. The average molecular weight is 344 g/mol. The summed E-state index contributed by atoms with van der Waals surface area (Å²) in [5.74, 6) is -5.57. The van der Waals surface area contributed by atoms with Gasteiger partial charge >= 0.3 is 24.4 Å². The van der Waals surface area contributed by atoms with Crippen LogP contribution in [-0.2, 0) is 9.53 Å². The van der Waals surface area contributed by atoms with Gasteiger partial charge in [-0.3, -0.25) is 4.79 Å². The number of carboxylic acids is 1. The van der Waals surface area contributed by atoms with Crippen LogP contribution in [0.15, 0.2) is 0 Å². The summed E-state index contributed by atoms with van der Waals surface area (Å²) in [5.41, 5.74) is -2.14. The Labute approximate surface area is 130 Å². The summed E-state index contributed by atoms with van der Waals surface area (Å²) in [6.45, 7) is 3.10. The minimum atomic E-state index is -4.28. The first kappa shape index (κ1) is 19.5. The SMILES string of the molecule is CC(C)(C)OC(=O)N1CC(CC(=O)O)(NCC(F)(F)C(F)F)C1. The molecule has 0 aromatic rings. The zero-order valence-electron chi connectivity index (χ0n) is 13.0. The quantitative estimate of drug-likeness (QED) is 0.720. The van der Waals surface area contributed by atoms with Crippen LogP contribution in [0.5, 0.6) is 0 Å². The molecule has 0 spiro atoms. The summed E-state index contributed by atoms with van der Waals surface area (Å²) < 4.78 is 55.4. The Balaban J connectivity index is 2.67. The van der Waals surface area contributed by atoms with Crippen molar-refractivity contribution in [2.24, 2.45) is 0 Å². The summed E-state index contributed by atoms with van der Waals surface area (Å²) >= 11 is 0. The number of rotatable bonds is 6. The molecule has 0 saturated carbocycles. The van der Waals surface area contributed by atoms with Gasteiger partial charge in [0.15, 0.2) is 0 Å². The second-order valence-electron chi connectivity index (χ2n) is 6.60. The fourth-order valence-corrected chi connectivity index (χ4v) is 2.10. The number of carbonyl (C=O) groups excluding carboxylic acids is 1. The number of amides is 1. The van der Waals surface area contributed by atoms with Gasteiger partial charge in [0.1, 0.15) is 5.60 Å². The summed E-state index contributed by atoms with van der Waals surface area (Å²) in [6.07, 6.45) is -5.16. The predicted molar refractivity (Wildman–Crippen MR) is 71.7 cm³/mol. The highest BCUT2D eigenvalue weighted by Gasteiger charge is 2.50. The Morgan fingerprint density at radius 2 is 1.83 bits per heavy atom. The number of carbonyl (C=O) groups is 2. The molecule has 10 heteroatoms. The molecule has 0 unspecified atom stereocenters. The van der Waals surface area contributed by atoms with Gasteiger partial charge in [-0.05, 0) is 20.8 Å². The zero-order chi connectivity index (χ0) is 18.1. The third-order valence-electron chi connectivity index (χ3n) is 3.15. The van der Waals surface area contributed by atoms with Crippen LogP contribution in [0.4, 0.5) is 22.4 Å². The average Bonchev–Trinajstić information content (AvgIpc) is 2.28. The lowest BCUT2D eigenvalue weighted by Crippen LogP contribution is -2.72. The molecule has 1 heterocycles. The van der Waals surface area contributed by atoms with E-state index in [1.54, 1.807) is 20.8 Å². The van der Waals surface area contributed by atoms with Crippen molar-refractivity contribution < 1.29 is 37.0 Å². The molecule has 23 heavy (non-hydrogen) atoms. The number of ether oxygens (including phenoxy) is 1. The Bertz CT molecular complexity index is 459. The predicted octanol–water partition coefficient (Wildman–Crippen LogP) is 1.94. The maximum absolute atomic E-state index is 13.0. The first-order valence-electron chi connectivity index (χ1n) is 6.87. The molecule has 1 rings (SSSR count). The van der Waals surface area contributed by atoms with E-state index >= 15 is 0 Å². The van der Waals surface area contributed by atoms with Gasteiger partial charge in [-0.2, -0.15) is 8.78 Å².